The van der Waals surface area contributed by atoms with Gasteiger partial charge in [-0.3, -0.25) is 4.79 Å². The summed E-state index contributed by atoms with van der Waals surface area (Å²) in [6.07, 6.45) is 0.783. The minimum Gasteiger partial charge on any atom is -0.508 e. The fourth-order valence-corrected chi connectivity index (χ4v) is 1.77. The molecule has 0 bridgehead atoms. The average molecular weight is 308 g/mol. The molecule has 0 aliphatic carbocycles. The van der Waals surface area contributed by atoms with E-state index < -0.39 is 0 Å². The molecule has 0 heterocycles. The molecular weight excluding hydrogens is 300 g/mol. The van der Waals surface area contributed by atoms with Gasteiger partial charge in [0.25, 0.3) is 0 Å². The molecule has 0 amide bonds. The summed E-state index contributed by atoms with van der Waals surface area (Å²) in [5, 5.41) is 9.92. The predicted octanol–water partition coefficient (Wildman–Crippen LogP) is 3.04. The van der Waals surface area contributed by atoms with E-state index in [2.05, 4.69) is 31.9 Å². The summed E-state index contributed by atoms with van der Waals surface area (Å²) in [4.78, 5) is 10.7. The molecule has 70 valence electrons. The Hall–Kier alpha value is -0.350. The maximum absolute atomic E-state index is 10.6. The molecule has 0 saturated carbocycles. The molecule has 0 spiro atoms. The topological polar surface area (TPSA) is 37.3 Å². The molecule has 1 N–H and O–H groups in total. The Morgan fingerprint density at radius 2 is 2.23 bits per heavy atom. The van der Waals surface area contributed by atoms with E-state index in [0.29, 0.717) is 10.9 Å². The van der Waals surface area contributed by atoms with E-state index in [1.807, 2.05) is 0 Å². The Labute approximate surface area is 93.2 Å². The first-order chi connectivity index (χ1) is 6.19. The van der Waals surface area contributed by atoms with Crippen LogP contribution >= 0.6 is 31.9 Å². The molecule has 1 aromatic carbocycles. The maximum atomic E-state index is 10.6. The van der Waals surface area contributed by atoms with Crippen LogP contribution in [0.1, 0.15) is 20.7 Å². The third-order valence-electron chi connectivity index (χ3n) is 1.67. The van der Waals surface area contributed by atoms with Gasteiger partial charge in [-0.1, -0.05) is 31.9 Å². The van der Waals surface area contributed by atoms with Gasteiger partial charge in [-0.15, -0.1) is 0 Å². The summed E-state index contributed by atoms with van der Waals surface area (Å²) in [5.74, 6) is 0.172. The summed E-state index contributed by atoms with van der Waals surface area (Å²) < 4.78 is 0. The van der Waals surface area contributed by atoms with Crippen molar-refractivity contribution in [1.29, 1.82) is 0 Å². The molecule has 1 unspecified atom stereocenters. The van der Waals surface area contributed by atoms with Gasteiger partial charge in [0.15, 0.2) is 0 Å². The number of hydrogen-bond acceptors (Lipinski definition) is 2. The highest BCUT2D eigenvalue weighted by Crippen LogP contribution is 2.29. The molecule has 4 heteroatoms. The highest BCUT2D eigenvalue weighted by Gasteiger charge is 2.11. The fraction of sp³-hybridized carbons (Fsp3) is 0.222. The molecule has 0 saturated heterocycles. The Morgan fingerprint density at radius 3 is 2.77 bits per heavy atom. The first kappa shape index (κ1) is 10.7. The quantitative estimate of drug-likeness (QED) is 0.688. The molecule has 0 aliphatic rings. The highest BCUT2D eigenvalue weighted by atomic mass is 79.9. The molecule has 13 heavy (non-hydrogen) atoms. The van der Waals surface area contributed by atoms with E-state index in [1.54, 1.807) is 12.1 Å². The fourth-order valence-electron chi connectivity index (χ4n) is 1.02. The van der Waals surface area contributed by atoms with Crippen molar-refractivity contribution in [3.8, 4) is 5.75 Å². The molecule has 0 aromatic heterocycles. The molecule has 0 fully saturated rings. The van der Waals surface area contributed by atoms with Crippen LogP contribution in [0.4, 0.5) is 0 Å². The van der Waals surface area contributed by atoms with Crippen LogP contribution in [-0.4, -0.2) is 16.7 Å². The standard InChI is InChI=1S/C9H8Br2O2/c10-4-9(11)8-3-7(13)2-1-6(8)5-12/h1-3,5,9,13H,4H2. The third-order valence-corrected chi connectivity index (χ3v) is 4.00. The van der Waals surface area contributed by atoms with Crippen LogP contribution in [0, 0.1) is 0 Å². The summed E-state index contributed by atoms with van der Waals surface area (Å²) in [7, 11) is 0. The average Bonchev–Trinajstić information content (AvgIpc) is 2.16. The first-order valence-electron chi connectivity index (χ1n) is 3.67. The number of hydrogen-bond donors (Lipinski definition) is 1. The second kappa shape index (κ2) is 4.77. The van der Waals surface area contributed by atoms with Crippen molar-refractivity contribution in [3.05, 3.63) is 29.3 Å². The number of aldehydes is 1. The van der Waals surface area contributed by atoms with Gasteiger partial charge >= 0.3 is 0 Å². The minimum absolute atomic E-state index is 0.0415. The van der Waals surface area contributed by atoms with Gasteiger partial charge < -0.3 is 5.11 Å². The normalized spacial score (nSPS) is 12.5. The lowest BCUT2D eigenvalue weighted by atomic mass is 10.1. The molecule has 2 nitrogen and oxygen atoms in total. The lowest BCUT2D eigenvalue weighted by Gasteiger charge is -2.09. The van der Waals surface area contributed by atoms with Crippen LogP contribution in [0.5, 0.6) is 5.75 Å². The van der Waals surface area contributed by atoms with E-state index in [-0.39, 0.29) is 10.6 Å². The summed E-state index contributed by atoms with van der Waals surface area (Å²) in [5.41, 5.74) is 1.39. The minimum atomic E-state index is 0.0415. The summed E-state index contributed by atoms with van der Waals surface area (Å²) in [6, 6.07) is 4.69. The van der Waals surface area contributed by atoms with E-state index in [4.69, 9.17) is 0 Å². The molecule has 0 aliphatic heterocycles. The van der Waals surface area contributed by atoms with Gasteiger partial charge in [-0.25, -0.2) is 0 Å². The lowest BCUT2D eigenvalue weighted by molar-refractivity contribution is 0.112. The Bertz CT molecular complexity index is 312. The number of rotatable bonds is 3. The van der Waals surface area contributed by atoms with Crippen molar-refractivity contribution in [2.45, 2.75) is 4.83 Å². The summed E-state index contributed by atoms with van der Waals surface area (Å²) in [6.45, 7) is 0. The smallest absolute Gasteiger partial charge is 0.150 e. The van der Waals surface area contributed by atoms with Crippen LogP contribution in [0.3, 0.4) is 0 Å². The molecule has 0 radical (unpaired) electrons. The Kier molecular flexibility index (Phi) is 3.93. The number of aromatic hydroxyl groups is 1. The number of alkyl halides is 2. The molecule has 1 atom stereocenters. The van der Waals surface area contributed by atoms with Crippen LogP contribution in [-0.2, 0) is 0 Å². The second-order valence-electron chi connectivity index (χ2n) is 2.55. The van der Waals surface area contributed by atoms with Crippen LogP contribution in [0.25, 0.3) is 0 Å². The monoisotopic (exact) mass is 306 g/mol. The van der Waals surface area contributed by atoms with Gasteiger partial charge in [0.05, 0.1) is 4.83 Å². The van der Waals surface area contributed by atoms with Gasteiger partial charge in [-0.05, 0) is 23.8 Å². The van der Waals surface area contributed by atoms with E-state index in [1.165, 1.54) is 6.07 Å². The van der Waals surface area contributed by atoms with E-state index in [9.17, 15) is 9.90 Å². The van der Waals surface area contributed by atoms with Crippen LogP contribution in [0.15, 0.2) is 18.2 Å². The first-order valence-corrected chi connectivity index (χ1v) is 5.71. The number of phenolic OH excluding ortho intramolecular Hbond substituents is 1. The molecule has 1 rings (SSSR count). The van der Waals surface area contributed by atoms with Gasteiger partial charge in [0.2, 0.25) is 0 Å². The van der Waals surface area contributed by atoms with Crippen LogP contribution < -0.4 is 0 Å². The maximum Gasteiger partial charge on any atom is 0.150 e. The zero-order chi connectivity index (χ0) is 9.84. The Morgan fingerprint density at radius 1 is 1.54 bits per heavy atom. The largest absolute Gasteiger partial charge is 0.508 e. The second-order valence-corrected chi connectivity index (χ2v) is 4.31. The predicted molar refractivity (Wildman–Crippen MR) is 59.0 cm³/mol. The zero-order valence-electron chi connectivity index (χ0n) is 6.71. The number of benzene rings is 1. The van der Waals surface area contributed by atoms with Crippen molar-refractivity contribution < 1.29 is 9.90 Å². The lowest BCUT2D eigenvalue weighted by Crippen LogP contribution is -1.96. The third kappa shape index (κ3) is 2.54. The SMILES string of the molecule is O=Cc1ccc(O)cc1C(Br)CBr. The number of halogens is 2. The van der Waals surface area contributed by atoms with Gasteiger partial charge in [0.1, 0.15) is 12.0 Å². The van der Waals surface area contributed by atoms with Crippen molar-refractivity contribution in [1.82, 2.24) is 0 Å². The van der Waals surface area contributed by atoms with Crippen molar-refractivity contribution in [3.63, 3.8) is 0 Å². The number of phenols is 1. The van der Waals surface area contributed by atoms with Crippen molar-refractivity contribution in [2.24, 2.45) is 0 Å². The molecular formula is C9H8Br2O2. The summed E-state index contributed by atoms with van der Waals surface area (Å²) >= 11 is 6.69. The van der Waals surface area contributed by atoms with Gasteiger partial charge in [-0.2, -0.15) is 0 Å². The zero-order valence-corrected chi connectivity index (χ0v) is 9.88. The van der Waals surface area contributed by atoms with Gasteiger partial charge in [0, 0.05) is 10.9 Å². The molecule has 1 aromatic rings. The van der Waals surface area contributed by atoms with Crippen molar-refractivity contribution in [2.75, 3.05) is 5.33 Å². The van der Waals surface area contributed by atoms with E-state index >= 15 is 0 Å². The number of carbonyl (C=O) groups is 1. The van der Waals surface area contributed by atoms with Crippen LogP contribution in [0.2, 0.25) is 0 Å². The number of carbonyl (C=O) groups excluding carboxylic acids is 1. The highest BCUT2D eigenvalue weighted by molar-refractivity contribution is 9.12. The Balaban J connectivity index is 3.15. The van der Waals surface area contributed by atoms with Crippen molar-refractivity contribution >= 4 is 38.1 Å². The van der Waals surface area contributed by atoms with E-state index in [0.717, 1.165) is 11.8 Å².